The number of rotatable bonds is 2. The number of hydrogen-bond donors (Lipinski definition) is 2. The maximum atomic E-state index is 13.1. The van der Waals surface area contributed by atoms with Crippen LogP contribution in [0.4, 0.5) is 21.6 Å². The second-order valence-corrected chi connectivity index (χ2v) is 3.64. The van der Waals surface area contributed by atoms with E-state index in [0.717, 1.165) is 0 Å². The Hall–Kier alpha value is -1.81. The van der Waals surface area contributed by atoms with Gasteiger partial charge in [0.2, 0.25) is 0 Å². The maximum absolute atomic E-state index is 13.1. The quantitative estimate of drug-likeness (QED) is 0.843. The van der Waals surface area contributed by atoms with E-state index in [1.54, 1.807) is 24.4 Å². The maximum Gasteiger partial charge on any atom is 0.143 e. The lowest BCUT2D eigenvalue weighted by Crippen LogP contribution is -1.95. The summed E-state index contributed by atoms with van der Waals surface area (Å²) in [5.74, 6) is 0.0808. The second-order valence-electron chi connectivity index (χ2n) is 3.23. The van der Waals surface area contributed by atoms with Crippen LogP contribution in [0.15, 0.2) is 36.5 Å². The van der Waals surface area contributed by atoms with Gasteiger partial charge in [-0.05, 0) is 24.3 Å². The predicted octanol–water partition coefficient (Wildman–Crippen LogP) is 3.20. The van der Waals surface area contributed by atoms with Gasteiger partial charge in [0.25, 0.3) is 0 Å². The van der Waals surface area contributed by atoms with Gasteiger partial charge in [-0.15, -0.1) is 0 Å². The Morgan fingerprint density at radius 1 is 1.25 bits per heavy atom. The van der Waals surface area contributed by atoms with Gasteiger partial charge in [-0.25, -0.2) is 9.37 Å². The molecule has 0 amide bonds. The van der Waals surface area contributed by atoms with Gasteiger partial charge in [0.1, 0.15) is 11.6 Å². The third kappa shape index (κ3) is 2.41. The highest BCUT2D eigenvalue weighted by atomic mass is 35.5. The highest BCUT2D eigenvalue weighted by Gasteiger charge is 2.01. The first-order chi connectivity index (χ1) is 7.65. The van der Waals surface area contributed by atoms with Gasteiger partial charge in [0.15, 0.2) is 0 Å². The van der Waals surface area contributed by atoms with Crippen LogP contribution in [-0.4, -0.2) is 4.98 Å². The molecule has 0 bridgehead atoms. The van der Waals surface area contributed by atoms with E-state index in [0.29, 0.717) is 17.2 Å². The molecule has 0 radical (unpaired) electrons. The summed E-state index contributed by atoms with van der Waals surface area (Å²) in [6, 6.07) is 7.77. The van der Waals surface area contributed by atoms with Crippen molar-refractivity contribution < 1.29 is 4.39 Å². The molecule has 0 aliphatic carbocycles. The molecule has 0 saturated carbocycles. The highest BCUT2D eigenvalue weighted by molar-refractivity contribution is 6.30. The molecule has 0 spiro atoms. The Labute approximate surface area is 97.1 Å². The number of nitrogens with two attached hydrogens (primary N) is 1. The van der Waals surface area contributed by atoms with Crippen molar-refractivity contribution in [1.82, 2.24) is 4.98 Å². The van der Waals surface area contributed by atoms with Gasteiger partial charge in [-0.3, -0.25) is 0 Å². The van der Waals surface area contributed by atoms with Crippen molar-refractivity contribution in [2.45, 2.75) is 0 Å². The summed E-state index contributed by atoms with van der Waals surface area (Å²) in [4.78, 5) is 4.04. The van der Waals surface area contributed by atoms with Crippen LogP contribution in [0.25, 0.3) is 0 Å². The molecule has 2 aromatic rings. The standard InChI is InChI=1S/C11H9ClFN3/c12-9-2-1-8(6-10(9)13)16-11-5-7(14)3-4-15-11/h1-6H,(H3,14,15,16). The van der Waals surface area contributed by atoms with Gasteiger partial charge in [0.05, 0.1) is 5.02 Å². The first kappa shape index (κ1) is 10.7. The monoisotopic (exact) mass is 237 g/mol. The SMILES string of the molecule is Nc1ccnc(Nc2ccc(Cl)c(F)c2)c1. The van der Waals surface area contributed by atoms with Crippen molar-refractivity contribution >= 4 is 28.8 Å². The molecule has 1 aromatic carbocycles. The van der Waals surface area contributed by atoms with E-state index < -0.39 is 5.82 Å². The molecule has 0 atom stereocenters. The molecule has 16 heavy (non-hydrogen) atoms. The van der Waals surface area contributed by atoms with E-state index in [1.165, 1.54) is 12.1 Å². The Bertz CT molecular complexity index is 516. The summed E-state index contributed by atoms with van der Waals surface area (Å²) in [5.41, 5.74) is 6.75. The zero-order valence-corrected chi connectivity index (χ0v) is 9.00. The number of nitrogens with one attached hydrogen (secondary N) is 1. The van der Waals surface area contributed by atoms with E-state index in [-0.39, 0.29) is 5.02 Å². The first-order valence-electron chi connectivity index (χ1n) is 4.59. The van der Waals surface area contributed by atoms with Crippen LogP contribution in [0.5, 0.6) is 0 Å². The summed E-state index contributed by atoms with van der Waals surface area (Å²) >= 11 is 5.57. The van der Waals surface area contributed by atoms with Crippen LogP contribution in [-0.2, 0) is 0 Å². The molecular weight excluding hydrogens is 229 g/mol. The van der Waals surface area contributed by atoms with Crippen LogP contribution in [0.2, 0.25) is 5.02 Å². The van der Waals surface area contributed by atoms with Gasteiger partial charge >= 0.3 is 0 Å². The fourth-order valence-electron chi connectivity index (χ4n) is 1.24. The number of hydrogen-bond acceptors (Lipinski definition) is 3. The smallest absolute Gasteiger partial charge is 0.143 e. The lowest BCUT2D eigenvalue weighted by Gasteiger charge is -2.06. The topological polar surface area (TPSA) is 50.9 Å². The van der Waals surface area contributed by atoms with Gasteiger partial charge in [-0.2, -0.15) is 0 Å². The van der Waals surface area contributed by atoms with Crippen molar-refractivity contribution in [2.24, 2.45) is 0 Å². The predicted molar refractivity (Wildman–Crippen MR) is 63.3 cm³/mol. The summed E-state index contributed by atoms with van der Waals surface area (Å²) in [5, 5.41) is 3.01. The largest absolute Gasteiger partial charge is 0.399 e. The number of aromatic nitrogens is 1. The number of pyridine rings is 1. The molecule has 3 N–H and O–H groups in total. The van der Waals surface area contributed by atoms with Crippen molar-refractivity contribution in [2.75, 3.05) is 11.1 Å². The molecule has 0 unspecified atom stereocenters. The van der Waals surface area contributed by atoms with Gasteiger partial charge in [-0.1, -0.05) is 11.6 Å². The lowest BCUT2D eigenvalue weighted by atomic mass is 10.3. The van der Waals surface area contributed by atoms with Crippen molar-refractivity contribution in [3.63, 3.8) is 0 Å². The van der Waals surface area contributed by atoms with E-state index in [2.05, 4.69) is 10.3 Å². The van der Waals surface area contributed by atoms with Gasteiger partial charge < -0.3 is 11.1 Å². The number of halogens is 2. The Kier molecular flexibility index (Phi) is 2.92. The third-order valence-electron chi connectivity index (χ3n) is 1.98. The molecule has 3 nitrogen and oxygen atoms in total. The van der Waals surface area contributed by atoms with Crippen LogP contribution >= 0.6 is 11.6 Å². The average molecular weight is 238 g/mol. The Morgan fingerprint density at radius 2 is 2.06 bits per heavy atom. The van der Waals surface area contributed by atoms with Crippen molar-refractivity contribution in [1.29, 1.82) is 0 Å². The fourth-order valence-corrected chi connectivity index (χ4v) is 1.35. The Balaban J connectivity index is 2.24. The molecule has 0 saturated heterocycles. The second kappa shape index (κ2) is 4.37. The number of anilines is 3. The number of nitrogens with zero attached hydrogens (tertiary/aromatic N) is 1. The molecule has 0 aliphatic heterocycles. The summed E-state index contributed by atoms with van der Waals surface area (Å²) in [7, 11) is 0. The summed E-state index contributed by atoms with van der Waals surface area (Å²) in [6.45, 7) is 0. The normalized spacial score (nSPS) is 10.1. The van der Waals surface area contributed by atoms with Crippen LogP contribution in [0, 0.1) is 5.82 Å². The van der Waals surface area contributed by atoms with Crippen LogP contribution in [0.3, 0.4) is 0 Å². The number of benzene rings is 1. The third-order valence-corrected chi connectivity index (χ3v) is 2.28. The molecule has 5 heteroatoms. The van der Waals surface area contributed by atoms with Crippen LogP contribution in [0.1, 0.15) is 0 Å². The van der Waals surface area contributed by atoms with E-state index in [1.807, 2.05) is 0 Å². The van der Waals surface area contributed by atoms with Crippen LogP contribution < -0.4 is 11.1 Å². The zero-order chi connectivity index (χ0) is 11.5. The minimum absolute atomic E-state index is 0.0890. The first-order valence-corrected chi connectivity index (χ1v) is 4.96. The summed E-state index contributed by atoms with van der Waals surface area (Å²) < 4.78 is 13.1. The highest BCUT2D eigenvalue weighted by Crippen LogP contribution is 2.21. The van der Waals surface area contributed by atoms with E-state index in [4.69, 9.17) is 17.3 Å². The van der Waals surface area contributed by atoms with E-state index >= 15 is 0 Å². The van der Waals surface area contributed by atoms with Crippen molar-refractivity contribution in [3.05, 3.63) is 47.4 Å². The molecule has 0 aliphatic rings. The molecule has 0 fully saturated rings. The van der Waals surface area contributed by atoms with Crippen molar-refractivity contribution in [3.8, 4) is 0 Å². The molecule has 1 aromatic heterocycles. The zero-order valence-electron chi connectivity index (χ0n) is 8.24. The molecule has 1 heterocycles. The Morgan fingerprint density at radius 3 is 2.75 bits per heavy atom. The minimum Gasteiger partial charge on any atom is -0.399 e. The minimum atomic E-state index is -0.476. The summed E-state index contributed by atoms with van der Waals surface area (Å²) in [6.07, 6.45) is 1.57. The molecular formula is C11H9ClFN3. The van der Waals surface area contributed by atoms with E-state index in [9.17, 15) is 4.39 Å². The lowest BCUT2D eigenvalue weighted by molar-refractivity contribution is 0.629. The fraction of sp³-hybridized carbons (Fsp3) is 0. The molecule has 82 valence electrons. The average Bonchev–Trinajstić information content (AvgIpc) is 2.24. The van der Waals surface area contributed by atoms with Gasteiger partial charge in [0, 0.05) is 23.6 Å². The molecule has 2 rings (SSSR count). The number of nitrogen functional groups attached to an aromatic ring is 1.